The number of benzene rings is 3. The van der Waals surface area contributed by atoms with E-state index in [2.05, 4.69) is 4.90 Å². The molecule has 244 valence electrons. The molecular formula is C33H34Cl2FN3O7. The van der Waals surface area contributed by atoms with Crippen molar-refractivity contribution in [3.05, 3.63) is 75.0 Å². The highest BCUT2D eigenvalue weighted by Crippen LogP contribution is 2.44. The van der Waals surface area contributed by atoms with Crippen LogP contribution in [0, 0.1) is 5.82 Å². The number of amides is 1. The molecule has 2 N–H and O–H groups in total. The monoisotopic (exact) mass is 673 g/mol. The number of methoxy groups -OCH3 is 2. The number of rotatable bonds is 7. The molecule has 4 aliphatic heterocycles. The third-order valence-electron chi connectivity index (χ3n) is 9.53. The number of aliphatic hydroxyl groups is 2. The van der Waals surface area contributed by atoms with E-state index >= 15 is 4.39 Å². The van der Waals surface area contributed by atoms with Crippen molar-refractivity contribution in [1.29, 1.82) is 0 Å². The number of nitrogens with zero attached hydrogens (tertiary/aromatic N) is 3. The lowest BCUT2D eigenvalue weighted by Crippen LogP contribution is -2.64. The van der Waals surface area contributed by atoms with Gasteiger partial charge in [0.1, 0.15) is 11.6 Å². The lowest BCUT2D eigenvalue weighted by Gasteiger charge is -2.48. The van der Waals surface area contributed by atoms with Crippen LogP contribution in [0.15, 0.2) is 42.5 Å². The third kappa shape index (κ3) is 5.28. The van der Waals surface area contributed by atoms with Crippen LogP contribution < -0.4 is 14.5 Å². The van der Waals surface area contributed by atoms with Crippen molar-refractivity contribution in [3.63, 3.8) is 0 Å². The number of carbonyl (C=O) groups is 1. The van der Waals surface area contributed by atoms with Gasteiger partial charge < -0.3 is 43.9 Å². The molecule has 2 unspecified atom stereocenters. The maximum Gasteiger partial charge on any atom is 0.259 e. The zero-order valence-corrected chi connectivity index (χ0v) is 26.9. The van der Waals surface area contributed by atoms with Gasteiger partial charge in [0.2, 0.25) is 5.79 Å². The van der Waals surface area contributed by atoms with E-state index in [1.807, 2.05) is 11.0 Å². The largest absolute Gasteiger partial charge is 0.472 e. The van der Waals surface area contributed by atoms with Crippen molar-refractivity contribution in [2.75, 3.05) is 57.1 Å². The summed E-state index contributed by atoms with van der Waals surface area (Å²) in [7, 11) is 3.18. The summed E-state index contributed by atoms with van der Waals surface area (Å²) in [5.74, 6) is -1.26. The Labute approximate surface area is 275 Å². The summed E-state index contributed by atoms with van der Waals surface area (Å²) < 4.78 is 38.5. The highest BCUT2D eigenvalue weighted by molar-refractivity contribution is 6.40. The zero-order chi connectivity index (χ0) is 32.3. The van der Waals surface area contributed by atoms with Crippen molar-refractivity contribution < 1.29 is 38.3 Å². The number of carbonyl (C=O) groups excluding carboxylic acids is 1. The van der Waals surface area contributed by atoms with Crippen molar-refractivity contribution in [1.82, 2.24) is 4.90 Å². The van der Waals surface area contributed by atoms with E-state index in [4.69, 9.17) is 42.1 Å². The predicted molar refractivity (Wildman–Crippen MR) is 170 cm³/mol. The van der Waals surface area contributed by atoms with E-state index in [1.165, 1.54) is 11.0 Å². The van der Waals surface area contributed by atoms with Crippen LogP contribution in [0.4, 0.5) is 15.8 Å². The highest BCUT2D eigenvalue weighted by Gasteiger charge is 2.44. The van der Waals surface area contributed by atoms with E-state index in [1.54, 1.807) is 44.6 Å². The smallest absolute Gasteiger partial charge is 0.259 e. The molecule has 10 nitrogen and oxygen atoms in total. The normalized spacial score (nSPS) is 21.7. The third-order valence-corrected chi connectivity index (χ3v) is 10.1. The van der Waals surface area contributed by atoms with E-state index in [0.717, 1.165) is 18.5 Å². The minimum absolute atomic E-state index is 0.0676. The van der Waals surface area contributed by atoms with E-state index in [-0.39, 0.29) is 52.1 Å². The molecule has 13 heteroatoms. The van der Waals surface area contributed by atoms with Crippen LogP contribution in [0.3, 0.4) is 0 Å². The SMILES string of the molecule is COC1(OC)CN(c2cc(Cl)c(C(=O)N3COc4c(cccc4-c4cc(N5C6CCC5COC6)c(C(O)O)cc4F)C3)c(Cl)c2)C1. The first-order chi connectivity index (χ1) is 22.1. The van der Waals surface area contributed by atoms with Crippen molar-refractivity contribution in [2.45, 2.75) is 43.5 Å². The average Bonchev–Trinajstić information content (AvgIpc) is 3.26. The Morgan fingerprint density at radius 3 is 2.33 bits per heavy atom. The van der Waals surface area contributed by atoms with Gasteiger partial charge in [0.05, 0.1) is 60.5 Å². The molecule has 7 rings (SSSR count). The Balaban J connectivity index is 1.16. The minimum Gasteiger partial charge on any atom is -0.472 e. The molecule has 0 spiro atoms. The van der Waals surface area contributed by atoms with Gasteiger partial charge in [0.15, 0.2) is 13.0 Å². The van der Waals surface area contributed by atoms with Crippen molar-refractivity contribution in [3.8, 4) is 16.9 Å². The van der Waals surface area contributed by atoms with Gasteiger partial charge in [-0.15, -0.1) is 0 Å². The number of halogens is 3. The number of aliphatic hydroxyl groups excluding tert-OH is 1. The molecule has 2 atom stereocenters. The summed E-state index contributed by atoms with van der Waals surface area (Å²) in [4.78, 5) is 19.3. The van der Waals surface area contributed by atoms with Crippen LogP contribution in [0.5, 0.6) is 5.75 Å². The molecule has 0 radical (unpaired) electrons. The van der Waals surface area contributed by atoms with Gasteiger partial charge in [-0.1, -0.05) is 41.4 Å². The Morgan fingerprint density at radius 2 is 1.70 bits per heavy atom. The maximum atomic E-state index is 15.7. The van der Waals surface area contributed by atoms with Crippen LogP contribution >= 0.6 is 23.2 Å². The molecule has 0 aromatic heterocycles. The summed E-state index contributed by atoms with van der Waals surface area (Å²) in [6.07, 6.45) is -0.0310. The molecule has 4 aliphatic rings. The number of ether oxygens (including phenoxy) is 4. The lowest BCUT2D eigenvalue weighted by molar-refractivity contribution is -0.219. The van der Waals surface area contributed by atoms with Gasteiger partial charge in [0, 0.05) is 47.8 Å². The second-order valence-electron chi connectivity index (χ2n) is 12.1. The van der Waals surface area contributed by atoms with Gasteiger partial charge >= 0.3 is 0 Å². The van der Waals surface area contributed by atoms with Crippen LogP contribution in [-0.2, 0) is 20.8 Å². The van der Waals surface area contributed by atoms with E-state index in [0.29, 0.717) is 48.9 Å². The van der Waals surface area contributed by atoms with Gasteiger partial charge in [-0.2, -0.15) is 0 Å². The summed E-state index contributed by atoms with van der Waals surface area (Å²) in [6, 6.07) is 11.7. The van der Waals surface area contributed by atoms with Crippen LogP contribution in [0.2, 0.25) is 10.0 Å². The van der Waals surface area contributed by atoms with Gasteiger partial charge in [-0.05, 0) is 37.1 Å². The average molecular weight is 675 g/mol. The molecule has 3 fully saturated rings. The minimum atomic E-state index is -1.84. The van der Waals surface area contributed by atoms with Crippen LogP contribution in [-0.4, -0.2) is 86.1 Å². The van der Waals surface area contributed by atoms with E-state index in [9.17, 15) is 15.0 Å². The summed E-state index contributed by atoms with van der Waals surface area (Å²) >= 11 is 13.2. The second kappa shape index (κ2) is 12.1. The number of para-hydroxylation sites is 1. The zero-order valence-electron chi connectivity index (χ0n) is 25.3. The fraction of sp³-hybridized carbons (Fsp3) is 0.424. The second-order valence-corrected chi connectivity index (χ2v) is 12.9. The van der Waals surface area contributed by atoms with E-state index < -0.39 is 23.8 Å². The Bertz CT molecular complexity index is 1640. The first kappa shape index (κ1) is 31.4. The molecule has 46 heavy (non-hydrogen) atoms. The van der Waals surface area contributed by atoms with Gasteiger partial charge in [-0.25, -0.2) is 4.39 Å². The molecule has 0 saturated carbocycles. The molecule has 4 heterocycles. The first-order valence-corrected chi connectivity index (χ1v) is 15.8. The Hall–Kier alpha value is -3.16. The highest BCUT2D eigenvalue weighted by atomic mass is 35.5. The molecule has 0 aliphatic carbocycles. The van der Waals surface area contributed by atoms with Gasteiger partial charge in [0.25, 0.3) is 5.91 Å². The number of fused-ring (bicyclic) bond motifs is 3. The fourth-order valence-electron chi connectivity index (χ4n) is 7.02. The predicted octanol–water partition coefficient (Wildman–Crippen LogP) is 4.95. The molecule has 3 saturated heterocycles. The number of morpholine rings is 1. The molecular weight excluding hydrogens is 640 g/mol. The van der Waals surface area contributed by atoms with Crippen LogP contribution in [0.1, 0.15) is 40.6 Å². The van der Waals surface area contributed by atoms with Crippen molar-refractivity contribution in [2.24, 2.45) is 0 Å². The Kier molecular flexibility index (Phi) is 8.29. The number of hydrogen-bond donors (Lipinski definition) is 2. The number of anilines is 2. The summed E-state index contributed by atoms with van der Waals surface area (Å²) in [6.45, 7) is 2.09. The maximum absolute atomic E-state index is 15.7. The summed E-state index contributed by atoms with van der Waals surface area (Å²) in [5, 5.41) is 20.7. The Morgan fingerprint density at radius 1 is 1.02 bits per heavy atom. The molecule has 2 bridgehead atoms. The number of hydrogen-bond acceptors (Lipinski definition) is 9. The van der Waals surface area contributed by atoms with Gasteiger partial charge in [-0.3, -0.25) is 4.79 Å². The first-order valence-electron chi connectivity index (χ1n) is 15.1. The van der Waals surface area contributed by atoms with Crippen molar-refractivity contribution >= 4 is 40.5 Å². The lowest BCUT2D eigenvalue weighted by atomic mass is 9.96. The quantitative estimate of drug-likeness (QED) is 0.337. The topological polar surface area (TPSA) is 104 Å². The molecule has 1 amide bonds. The molecule has 3 aromatic carbocycles. The standard InChI is InChI=1S/C33H34Cl2FN3O7/c1-43-33(44-2)15-38(16-33)21-8-25(34)29(26(35)9-21)31(40)37-12-18-4-3-5-22(30(18)46-17-37)23-11-28(24(32(41)42)10-27(23)36)39-19-6-7-20(39)14-45-13-19/h3-5,8-11,19-20,32,41-42H,6-7,12-17H2,1-2H3. The molecule has 3 aromatic rings. The summed E-state index contributed by atoms with van der Waals surface area (Å²) in [5.41, 5.74) is 3.01. The fourth-order valence-corrected chi connectivity index (χ4v) is 7.65. The van der Waals surface area contributed by atoms with Crippen LogP contribution in [0.25, 0.3) is 11.1 Å².